The number of nitriles is 1. The van der Waals surface area contributed by atoms with Crippen molar-refractivity contribution in [2.45, 2.75) is 0 Å². The van der Waals surface area contributed by atoms with Gasteiger partial charge < -0.3 is 5.11 Å². The maximum atomic E-state index is 13.9. The van der Waals surface area contributed by atoms with Crippen LogP contribution in [0.15, 0.2) is 24.5 Å². The molecule has 3 aromatic rings. The Morgan fingerprint density at radius 2 is 2.17 bits per heavy atom. The molecule has 0 saturated carbocycles. The van der Waals surface area contributed by atoms with Crippen molar-refractivity contribution in [3.8, 4) is 11.8 Å². The van der Waals surface area contributed by atoms with Crippen LogP contribution in [0.4, 0.5) is 19.4 Å². The Morgan fingerprint density at radius 1 is 1.42 bits per heavy atom. The van der Waals surface area contributed by atoms with E-state index in [1.54, 1.807) is 6.07 Å². The molecule has 1 amide bonds. The van der Waals surface area contributed by atoms with Gasteiger partial charge in [0.15, 0.2) is 5.82 Å². The number of fused-ring (bicyclic) bond motifs is 1. The van der Waals surface area contributed by atoms with Gasteiger partial charge in [0.2, 0.25) is 0 Å². The van der Waals surface area contributed by atoms with Crippen LogP contribution in [0.5, 0.6) is 0 Å². The Kier molecular flexibility index (Phi) is 3.75. The minimum atomic E-state index is -1.39. The molecule has 24 heavy (non-hydrogen) atoms. The molecule has 3 rings (SSSR count). The minimum absolute atomic E-state index is 0.0393. The van der Waals surface area contributed by atoms with E-state index < -0.39 is 17.7 Å². The van der Waals surface area contributed by atoms with E-state index >= 15 is 0 Å². The second-order valence-electron chi connectivity index (χ2n) is 4.62. The summed E-state index contributed by atoms with van der Waals surface area (Å²) in [7, 11) is 0. The summed E-state index contributed by atoms with van der Waals surface area (Å²) in [6.45, 7) is 0. The number of pyridine rings is 1. The van der Waals surface area contributed by atoms with Gasteiger partial charge in [-0.15, -0.1) is 0 Å². The molecule has 2 N–H and O–H groups in total. The van der Waals surface area contributed by atoms with E-state index in [-0.39, 0.29) is 33.0 Å². The molecule has 0 aliphatic carbocycles. The summed E-state index contributed by atoms with van der Waals surface area (Å²) in [6.07, 6.45) is 0.666. The topological polar surface area (TPSA) is 104 Å². The van der Waals surface area contributed by atoms with Crippen LogP contribution in [-0.4, -0.2) is 26.0 Å². The summed E-state index contributed by atoms with van der Waals surface area (Å²) in [5.74, 6) is -1.64. The number of hydrogen-bond acceptors (Lipinski definition) is 4. The molecule has 2 aromatic heterocycles. The molecule has 0 radical (unpaired) electrons. The standard InChI is InChI=1S/C14H6ClF2N5O2/c15-9-2-7(16)1-6(3-18)12(9)22-5-8-11(21-22)10(17)4-19-13(8)20-14(23)24/h1-2,4-5H,(H,19,20)(H,23,24). The van der Waals surface area contributed by atoms with E-state index in [1.165, 1.54) is 6.20 Å². The SMILES string of the molecule is N#Cc1cc(F)cc(Cl)c1-n1cc2c(NC(=O)O)ncc(F)c2n1. The largest absolute Gasteiger partial charge is 0.465 e. The highest BCUT2D eigenvalue weighted by Gasteiger charge is 2.18. The number of nitrogens with zero attached hydrogens (tertiary/aromatic N) is 4. The lowest BCUT2D eigenvalue weighted by Crippen LogP contribution is -2.09. The Bertz CT molecular complexity index is 1030. The summed E-state index contributed by atoms with van der Waals surface area (Å²) in [5, 5.41) is 23.9. The van der Waals surface area contributed by atoms with Gasteiger partial charge in [0.25, 0.3) is 0 Å². The maximum Gasteiger partial charge on any atom is 0.410 e. The van der Waals surface area contributed by atoms with Gasteiger partial charge in [-0.3, -0.25) is 5.32 Å². The van der Waals surface area contributed by atoms with Crippen molar-refractivity contribution in [2.24, 2.45) is 0 Å². The van der Waals surface area contributed by atoms with Crippen LogP contribution >= 0.6 is 11.6 Å². The highest BCUT2D eigenvalue weighted by atomic mass is 35.5. The predicted molar refractivity (Wildman–Crippen MR) is 80.2 cm³/mol. The Labute approximate surface area is 137 Å². The first-order valence-corrected chi connectivity index (χ1v) is 6.72. The molecule has 0 atom stereocenters. The fraction of sp³-hybridized carbons (Fsp3) is 0. The van der Waals surface area contributed by atoms with Crippen molar-refractivity contribution in [1.29, 1.82) is 5.26 Å². The van der Waals surface area contributed by atoms with Crippen LogP contribution < -0.4 is 5.32 Å². The number of hydrogen-bond donors (Lipinski definition) is 2. The van der Waals surface area contributed by atoms with Gasteiger partial charge in [0.1, 0.15) is 28.9 Å². The summed E-state index contributed by atoms with van der Waals surface area (Å²) in [6, 6.07) is 3.72. The lowest BCUT2D eigenvalue weighted by atomic mass is 10.2. The molecule has 0 spiro atoms. The van der Waals surface area contributed by atoms with Crippen molar-refractivity contribution < 1.29 is 18.7 Å². The van der Waals surface area contributed by atoms with E-state index in [0.29, 0.717) is 0 Å². The first-order valence-electron chi connectivity index (χ1n) is 6.34. The number of nitrogens with one attached hydrogen (secondary N) is 1. The lowest BCUT2D eigenvalue weighted by Gasteiger charge is -2.06. The minimum Gasteiger partial charge on any atom is -0.465 e. The number of carbonyl (C=O) groups is 1. The third-order valence-corrected chi connectivity index (χ3v) is 3.39. The number of halogens is 3. The second-order valence-corrected chi connectivity index (χ2v) is 5.02. The van der Waals surface area contributed by atoms with Crippen molar-refractivity contribution in [3.63, 3.8) is 0 Å². The fourth-order valence-corrected chi connectivity index (χ4v) is 2.47. The second kappa shape index (κ2) is 5.75. The normalized spacial score (nSPS) is 10.6. The zero-order chi connectivity index (χ0) is 17.4. The molecule has 10 heteroatoms. The zero-order valence-electron chi connectivity index (χ0n) is 11.6. The van der Waals surface area contributed by atoms with Crippen molar-refractivity contribution in [3.05, 3.63) is 46.7 Å². The van der Waals surface area contributed by atoms with Crippen molar-refractivity contribution in [1.82, 2.24) is 14.8 Å². The summed E-state index contributed by atoms with van der Waals surface area (Å²) in [5.41, 5.74) is -0.260. The van der Waals surface area contributed by atoms with E-state index in [1.807, 2.05) is 5.32 Å². The molecular weight excluding hydrogens is 344 g/mol. The van der Waals surface area contributed by atoms with Crippen LogP contribution in [0.1, 0.15) is 5.56 Å². The summed E-state index contributed by atoms with van der Waals surface area (Å²) >= 11 is 5.97. The maximum absolute atomic E-state index is 13.9. The Hall–Kier alpha value is -3.25. The Balaban J connectivity index is 2.28. The van der Waals surface area contributed by atoms with Gasteiger partial charge in [0.05, 0.1) is 22.2 Å². The molecule has 0 unspecified atom stereocenters. The van der Waals surface area contributed by atoms with E-state index in [9.17, 15) is 13.6 Å². The third kappa shape index (κ3) is 2.59. The number of amides is 1. The first kappa shape index (κ1) is 15.6. The molecule has 1 aromatic carbocycles. The highest BCUT2D eigenvalue weighted by Crippen LogP contribution is 2.29. The third-order valence-electron chi connectivity index (χ3n) is 3.11. The smallest absolute Gasteiger partial charge is 0.410 e. The first-order chi connectivity index (χ1) is 11.4. The summed E-state index contributed by atoms with van der Waals surface area (Å²) < 4.78 is 28.4. The van der Waals surface area contributed by atoms with Gasteiger partial charge in [-0.05, 0) is 12.1 Å². The average Bonchev–Trinajstić information content (AvgIpc) is 2.94. The molecule has 0 saturated heterocycles. The van der Waals surface area contributed by atoms with Gasteiger partial charge in [-0.25, -0.2) is 23.2 Å². The number of rotatable bonds is 2. The average molecular weight is 350 g/mol. The molecule has 0 aliphatic heterocycles. The van der Waals surface area contributed by atoms with Gasteiger partial charge in [0, 0.05) is 6.20 Å². The molecule has 0 fully saturated rings. The molecule has 2 heterocycles. The van der Waals surface area contributed by atoms with Crippen LogP contribution in [-0.2, 0) is 0 Å². The monoisotopic (exact) mass is 349 g/mol. The predicted octanol–water partition coefficient (Wildman–Crippen LogP) is 3.31. The van der Waals surface area contributed by atoms with Crippen LogP contribution in [0.25, 0.3) is 16.6 Å². The quantitative estimate of drug-likeness (QED) is 0.738. The Morgan fingerprint density at radius 3 is 2.83 bits per heavy atom. The molecular formula is C14H6ClF2N5O2. The fourth-order valence-electron chi connectivity index (χ4n) is 2.18. The van der Waals surface area contributed by atoms with Crippen LogP contribution in [0, 0.1) is 23.0 Å². The lowest BCUT2D eigenvalue weighted by molar-refractivity contribution is 0.209. The number of aromatic nitrogens is 3. The van der Waals surface area contributed by atoms with Gasteiger partial charge in [-0.2, -0.15) is 10.4 Å². The van der Waals surface area contributed by atoms with Crippen molar-refractivity contribution >= 4 is 34.4 Å². The molecule has 7 nitrogen and oxygen atoms in total. The van der Waals surface area contributed by atoms with E-state index in [0.717, 1.165) is 23.0 Å². The van der Waals surface area contributed by atoms with Gasteiger partial charge in [-0.1, -0.05) is 11.6 Å². The van der Waals surface area contributed by atoms with Gasteiger partial charge >= 0.3 is 6.09 Å². The van der Waals surface area contributed by atoms with E-state index in [4.69, 9.17) is 22.0 Å². The van der Waals surface area contributed by atoms with Crippen LogP contribution in [0.2, 0.25) is 5.02 Å². The van der Waals surface area contributed by atoms with Crippen LogP contribution in [0.3, 0.4) is 0 Å². The number of anilines is 1. The molecule has 0 bridgehead atoms. The summed E-state index contributed by atoms with van der Waals surface area (Å²) in [4.78, 5) is 14.4. The molecule has 0 aliphatic rings. The molecule has 120 valence electrons. The highest BCUT2D eigenvalue weighted by molar-refractivity contribution is 6.32. The number of benzene rings is 1. The number of carboxylic acid groups (broad SMARTS) is 1. The zero-order valence-corrected chi connectivity index (χ0v) is 12.3. The van der Waals surface area contributed by atoms with E-state index in [2.05, 4.69) is 10.1 Å². The van der Waals surface area contributed by atoms with Crippen molar-refractivity contribution in [2.75, 3.05) is 5.32 Å².